The topological polar surface area (TPSA) is 65.3 Å². The first-order valence-corrected chi connectivity index (χ1v) is 7.55. The number of nitrogens with one attached hydrogen (secondary N) is 1. The summed E-state index contributed by atoms with van der Waals surface area (Å²) in [4.78, 5) is 0. The lowest BCUT2D eigenvalue weighted by atomic mass is 9.96. The zero-order valence-corrected chi connectivity index (χ0v) is 13.2. The Labute approximate surface area is 127 Å². The zero-order valence-electron chi connectivity index (χ0n) is 13.2. The highest BCUT2D eigenvalue weighted by atomic mass is 16.5. The minimum Gasteiger partial charge on any atom is -0.491 e. The molecule has 0 spiro atoms. The van der Waals surface area contributed by atoms with E-state index in [1.807, 2.05) is 38.1 Å². The summed E-state index contributed by atoms with van der Waals surface area (Å²) in [6.45, 7) is 6.95. The van der Waals surface area contributed by atoms with Crippen molar-refractivity contribution in [2.24, 2.45) is 0 Å². The fourth-order valence-electron chi connectivity index (χ4n) is 2.27. The van der Waals surface area contributed by atoms with Gasteiger partial charge in [0.1, 0.15) is 11.3 Å². The molecule has 0 saturated heterocycles. The molecule has 2 N–H and O–H groups in total. The van der Waals surface area contributed by atoms with E-state index >= 15 is 0 Å². The lowest BCUT2D eigenvalue weighted by Gasteiger charge is -2.27. The van der Waals surface area contributed by atoms with Gasteiger partial charge in [-0.15, -0.1) is 0 Å². The smallest absolute Gasteiger partial charge is 0.119 e. The molecular weight excluding hydrogens is 264 g/mol. The summed E-state index contributed by atoms with van der Waals surface area (Å²) in [5.74, 6) is 0.792. The summed E-state index contributed by atoms with van der Waals surface area (Å²) in [5.41, 5.74) is 0.524. The monoisotopic (exact) mass is 290 g/mol. The summed E-state index contributed by atoms with van der Waals surface area (Å²) < 4.78 is 5.87. The number of rotatable bonds is 9. The minimum atomic E-state index is -0.563. The third-order valence-corrected chi connectivity index (χ3v) is 3.37. The Hall–Kier alpha value is -1.57. The first kappa shape index (κ1) is 17.5. The van der Waals surface area contributed by atoms with Gasteiger partial charge in [-0.2, -0.15) is 5.26 Å². The van der Waals surface area contributed by atoms with Crippen molar-refractivity contribution < 1.29 is 9.84 Å². The van der Waals surface area contributed by atoms with Crippen molar-refractivity contribution in [2.45, 2.75) is 51.7 Å². The largest absolute Gasteiger partial charge is 0.491 e. The van der Waals surface area contributed by atoms with Crippen LogP contribution in [0.5, 0.6) is 5.75 Å². The molecule has 0 aliphatic carbocycles. The lowest BCUT2D eigenvalue weighted by Crippen LogP contribution is -2.44. The molecule has 2 unspecified atom stereocenters. The van der Waals surface area contributed by atoms with E-state index in [0.29, 0.717) is 12.8 Å². The Morgan fingerprint density at radius 2 is 2.05 bits per heavy atom. The maximum absolute atomic E-state index is 9.33. The molecule has 2 atom stereocenters. The normalized spacial score (nSPS) is 15.0. The van der Waals surface area contributed by atoms with E-state index in [1.165, 1.54) is 0 Å². The van der Waals surface area contributed by atoms with Crippen molar-refractivity contribution in [3.8, 4) is 11.8 Å². The lowest BCUT2D eigenvalue weighted by molar-refractivity contribution is 0.180. The second-order valence-corrected chi connectivity index (χ2v) is 5.62. The Bertz CT molecular complexity index is 453. The Morgan fingerprint density at radius 1 is 1.38 bits per heavy atom. The van der Waals surface area contributed by atoms with E-state index in [2.05, 4.69) is 18.3 Å². The highest BCUT2D eigenvalue weighted by Crippen LogP contribution is 2.19. The van der Waals surface area contributed by atoms with Crippen molar-refractivity contribution in [1.29, 1.82) is 5.26 Å². The quantitative estimate of drug-likeness (QED) is 0.734. The van der Waals surface area contributed by atoms with Gasteiger partial charge in [0, 0.05) is 13.0 Å². The molecule has 0 aliphatic heterocycles. The number of nitrogens with zero attached hydrogens (tertiary/aromatic N) is 1. The second-order valence-electron chi connectivity index (χ2n) is 5.62. The van der Waals surface area contributed by atoms with Gasteiger partial charge in [0.25, 0.3) is 0 Å². The Morgan fingerprint density at radius 3 is 2.57 bits per heavy atom. The SMILES string of the molecule is CCCNC(C)(C#N)CC(C)Oc1ccc(CCO)cc1. The summed E-state index contributed by atoms with van der Waals surface area (Å²) in [7, 11) is 0. The number of aliphatic hydroxyl groups is 1. The average Bonchev–Trinajstić information content (AvgIpc) is 2.47. The number of hydrogen-bond acceptors (Lipinski definition) is 4. The Kier molecular flexibility index (Phi) is 7.21. The summed E-state index contributed by atoms with van der Waals surface area (Å²) in [6, 6.07) is 10.1. The number of nitriles is 1. The number of benzene rings is 1. The van der Waals surface area contributed by atoms with Gasteiger partial charge in [0.2, 0.25) is 0 Å². The molecule has 0 bridgehead atoms. The van der Waals surface area contributed by atoms with Crippen molar-refractivity contribution in [3.63, 3.8) is 0 Å². The predicted octanol–water partition coefficient (Wildman–Crippen LogP) is 2.66. The van der Waals surface area contributed by atoms with Crippen LogP contribution in [-0.2, 0) is 6.42 Å². The maximum atomic E-state index is 9.33. The number of hydrogen-bond donors (Lipinski definition) is 2. The maximum Gasteiger partial charge on any atom is 0.119 e. The third-order valence-electron chi connectivity index (χ3n) is 3.37. The summed E-state index contributed by atoms with van der Waals surface area (Å²) in [6.07, 6.45) is 2.23. The van der Waals surface area contributed by atoms with Crippen LogP contribution >= 0.6 is 0 Å². The molecule has 0 amide bonds. The first-order valence-electron chi connectivity index (χ1n) is 7.55. The van der Waals surface area contributed by atoms with Crippen molar-refractivity contribution >= 4 is 0 Å². The van der Waals surface area contributed by atoms with Gasteiger partial charge in [-0.05, 0) is 50.9 Å². The molecule has 1 aromatic rings. The molecule has 0 heterocycles. The first-order chi connectivity index (χ1) is 10.0. The fourth-order valence-corrected chi connectivity index (χ4v) is 2.27. The Balaban J connectivity index is 2.55. The summed E-state index contributed by atoms with van der Waals surface area (Å²) >= 11 is 0. The van der Waals surface area contributed by atoms with Crippen LogP contribution in [0, 0.1) is 11.3 Å². The third kappa shape index (κ3) is 6.16. The van der Waals surface area contributed by atoms with Gasteiger partial charge < -0.3 is 9.84 Å². The molecule has 116 valence electrons. The van der Waals surface area contributed by atoms with Crippen LogP contribution in [-0.4, -0.2) is 29.9 Å². The van der Waals surface area contributed by atoms with Crippen LogP contribution < -0.4 is 10.1 Å². The molecule has 0 radical (unpaired) electrons. The van der Waals surface area contributed by atoms with Gasteiger partial charge in [-0.3, -0.25) is 5.32 Å². The average molecular weight is 290 g/mol. The van der Waals surface area contributed by atoms with E-state index in [0.717, 1.165) is 24.3 Å². The van der Waals surface area contributed by atoms with Crippen LogP contribution in [0.1, 0.15) is 39.2 Å². The van der Waals surface area contributed by atoms with E-state index in [9.17, 15) is 5.26 Å². The molecule has 4 nitrogen and oxygen atoms in total. The predicted molar refractivity (Wildman–Crippen MR) is 84.3 cm³/mol. The van der Waals surface area contributed by atoms with E-state index in [-0.39, 0.29) is 12.7 Å². The van der Waals surface area contributed by atoms with Crippen molar-refractivity contribution in [3.05, 3.63) is 29.8 Å². The van der Waals surface area contributed by atoms with Gasteiger partial charge in [0.15, 0.2) is 0 Å². The zero-order chi connectivity index (χ0) is 15.7. The molecule has 4 heteroatoms. The molecule has 0 aliphatic rings. The summed E-state index contributed by atoms with van der Waals surface area (Å²) in [5, 5.41) is 21.5. The van der Waals surface area contributed by atoms with Crippen LogP contribution in [0.3, 0.4) is 0 Å². The van der Waals surface area contributed by atoms with E-state index < -0.39 is 5.54 Å². The number of ether oxygens (including phenoxy) is 1. The molecule has 0 saturated carbocycles. The highest BCUT2D eigenvalue weighted by molar-refractivity contribution is 5.27. The molecule has 21 heavy (non-hydrogen) atoms. The standard InChI is InChI=1S/C17H26N2O2/c1-4-10-19-17(3,13-18)12-14(2)21-16-7-5-15(6-8-16)9-11-20/h5-8,14,19-20H,4,9-12H2,1-3H3. The highest BCUT2D eigenvalue weighted by Gasteiger charge is 2.26. The number of aliphatic hydroxyl groups excluding tert-OH is 1. The van der Waals surface area contributed by atoms with E-state index in [1.54, 1.807) is 0 Å². The van der Waals surface area contributed by atoms with Crippen LogP contribution in [0.15, 0.2) is 24.3 Å². The van der Waals surface area contributed by atoms with Crippen molar-refractivity contribution in [1.82, 2.24) is 5.32 Å². The van der Waals surface area contributed by atoms with Gasteiger partial charge in [-0.1, -0.05) is 19.1 Å². The fraction of sp³-hybridized carbons (Fsp3) is 0.588. The molecular formula is C17H26N2O2. The molecule has 1 rings (SSSR count). The van der Waals surface area contributed by atoms with Crippen LogP contribution in [0.4, 0.5) is 0 Å². The van der Waals surface area contributed by atoms with E-state index in [4.69, 9.17) is 9.84 Å². The van der Waals surface area contributed by atoms with Gasteiger partial charge >= 0.3 is 0 Å². The minimum absolute atomic E-state index is 0.0531. The molecule has 0 fully saturated rings. The van der Waals surface area contributed by atoms with Crippen molar-refractivity contribution in [2.75, 3.05) is 13.2 Å². The van der Waals surface area contributed by atoms with Gasteiger partial charge in [-0.25, -0.2) is 0 Å². The van der Waals surface area contributed by atoms with Crippen LogP contribution in [0.25, 0.3) is 0 Å². The second kappa shape index (κ2) is 8.66. The molecule has 0 aromatic heterocycles. The molecule has 1 aromatic carbocycles. The van der Waals surface area contributed by atoms with Gasteiger partial charge in [0.05, 0.1) is 12.2 Å². The van der Waals surface area contributed by atoms with Crippen LogP contribution in [0.2, 0.25) is 0 Å².